The van der Waals surface area contributed by atoms with E-state index in [1.165, 1.54) is 0 Å². The zero-order valence-electron chi connectivity index (χ0n) is 12.2. The molecular weight excluding hydrogens is 216 g/mol. The van der Waals surface area contributed by atoms with Crippen LogP contribution in [0.25, 0.3) is 0 Å². The van der Waals surface area contributed by atoms with Crippen molar-refractivity contribution in [1.82, 2.24) is 0 Å². The molecule has 0 aromatic heterocycles. The summed E-state index contributed by atoms with van der Waals surface area (Å²) in [6, 6.07) is 0. The first-order valence-electron chi connectivity index (χ1n) is 6.27. The number of ketones is 1. The minimum atomic E-state index is -0.833. The standard InChI is InChI=1S/C14H24O3/c1-10(2)9(15)13(7)11(3,4)12(5,6)17-14(13,8)16-10/h1-8H3/t13-,14+/m1/s1. The number of carbonyl (C=O) groups is 1. The van der Waals surface area contributed by atoms with Gasteiger partial charge in [0.1, 0.15) is 5.60 Å². The first-order chi connectivity index (χ1) is 7.32. The summed E-state index contributed by atoms with van der Waals surface area (Å²) in [4.78, 5) is 12.7. The Balaban J connectivity index is 2.66. The molecule has 2 aliphatic rings. The first-order valence-corrected chi connectivity index (χ1v) is 6.27. The quantitative estimate of drug-likeness (QED) is 0.653. The second-order valence-electron chi connectivity index (χ2n) is 7.25. The van der Waals surface area contributed by atoms with Gasteiger partial charge in [-0.1, -0.05) is 13.8 Å². The minimum absolute atomic E-state index is 0.142. The summed E-state index contributed by atoms with van der Waals surface area (Å²) in [6.45, 7) is 15.8. The second-order valence-corrected chi connectivity index (χ2v) is 7.25. The van der Waals surface area contributed by atoms with Crippen molar-refractivity contribution >= 4 is 5.78 Å². The van der Waals surface area contributed by atoms with Crippen LogP contribution >= 0.6 is 0 Å². The van der Waals surface area contributed by atoms with Gasteiger partial charge in [0.25, 0.3) is 0 Å². The molecule has 0 saturated carbocycles. The van der Waals surface area contributed by atoms with Crippen molar-refractivity contribution in [1.29, 1.82) is 0 Å². The molecule has 0 aromatic rings. The molecule has 2 heterocycles. The molecule has 98 valence electrons. The average Bonchev–Trinajstić information content (AvgIpc) is 2.28. The smallest absolute Gasteiger partial charge is 0.180 e. The van der Waals surface area contributed by atoms with E-state index in [4.69, 9.17) is 9.47 Å². The number of rotatable bonds is 0. The van der Waals surface area contributed by atoms with Crippen molar-refractivity contribution in [3.63, 3.8) is 0 Å². The summed E-state index contributed by atoms with van der Waals surface area (Å²) < 4.78 is 12.1. The molecule has 0 amide bonds. The lowest BCUT2D eigenvalue weighted by molar-refractivity contribution is -0.263. The van der Waals surface area contributed by atoms with Crippen molar-refractivity contribution in [2.75, 3.05) is 0 Å². The monoisotopic (exact) mass is 240 g/mol. The Bertz CT molecular complexity index is 394. The molecular formula is C14H24O3. The van der Waals surface area contributed by atoms with E-state index in [-0.39, 0.29) is 16.8 Å². The van der Waals surface area contributed by atoms with Crippen molar-refractivity contribution in [2.45, 2.75) is 72.4 Å². The molecule has 0 aromatic carbocycles. The highest BCUT2D eigenvalue weighted by molar-refractivity contribution is 5.95. The van der Waals surface area contributed by atoms with E-state index in [1.807, 2.05) is 41.5 Å². The van der Waals surface area contributed by atoms with Crippen LogP contribution in [-0.2, 0) is 14.3 Å². The minimum Gasteiger partial charge on any atom is -0.343 e. The van der Waals surface area contributed by atoms with E-state index in [9.17, 15) is 4.79 Å². The maximum absolute atomic E-state index is 12.7. The molecule has 0 unspecified atom stereocenters. The lowest BCUT2D eigenvalue weighted by Crippen LogP contribution is -2.51. The lowest BCUT2D eigenvalue weighted by atomic mass is 9.56. The molecule has 2 fully saturated rings. The number of carbonyl (C=O) groups excluding carboxylic acids is 1. The number of hydrogen-bond acceptors (Lipinski definition) is 3. The van der Waals surface area contributed by atoms with E-state index in [2.05, 4.69) is 13.8 Å². The van der Waals surface area contributed by atoms with Gasteiger partial charge in [0, 0.05) is 5.41 Å². The molecule has 2 saturated heterocycles. The number of fused-ring (bicyclic) bond motifs is 1. The maximum Gasteiger partial charge on any atom is 0.180 e. The number of ether oxygens (including phenoxy) is 2. The summed E-state index contributed by atoms with van der Waals surface area (Å²) in [6.07, 6.45) is 0. The van der Waals surface area contributed by atoms with E-state index in [0.29, 0.717) is 0 Å². The molecule has 0 N–H and O–H groups in total. The summed E-state index contributed by atoms with van der Waals surface area (Å²) >= 11 is 0. The van der Waals surface area contributed by atoms with Gasteiger partial charge in [-0.2, -0.15) is 0 Å². The Kier molecular flexibility index (Phi) is 2.13. The predicted molar refractivity (Wildman–Crippen MR) is 65.6 cm³/mol. The zero-order valence-corrected chi connectivity index (χ0v) is 12.2. The van der Waals surface area contributed by atoms with Crippen molar-refractivity contribution in [2.24, 2.45) is 10.8 Å². The van der Waals surface area contributed by atoms with Gasteiger partial charge >= 0.3 is 0 Å². The molecule has 0 bridgehead atoms. The SMILES string of the molecule is CC1(C)O[C@@]2(C)OC(C)(C)C(C)(C)[C@@]2(C)C1=O. The molecule has 2 rings (SSSR count). The van der Waals surface area contributed by atoms with Gasteiger partial charge in [0.15, 0.2) is 11.6 Å². The van der Waals surface area contributed by atoms with Crippen LogP contribution in [0.1, 0.15) is 55.4 Å². The summed E-state index contributed by atoms with van der Waals surface area (Å²) in [5.41, 5.74) is -2.05. The largest absolute Gasteiger partial charge is 0.343 e. The van der Waals surface area contributed by atoms with E-state index in [0.717, 1.165) is 0 Å². The highest BCUT2D eigenvalue weighted by atomic mass is 16.7. The van der Waals surface area contributed by atoms with Crippen molar-refractivity contribution in [3.8, 4) is 0 Å². The van der Waals surface area contributed by atoms with Crippen LogP contribution in [0.4, 0.5) is 0 Å². The van der Waals surface area contributed by atoms with Gasteiger partial charge in [0.2, 0.25) is 0 Å². The van der Waals surface area contributed by atoms with Crippen LogP contribution in [0, 0.1) is 10.8 Å². The second kappa shape index (κ2) is 2.77. The van der Waals surface area contributed by atoms with E-state index >= 15 is 0 Å². The fraction of sp³-hybridized carbons (Fsp3) is 0.929. The van der Waals surface area contributed by atoms with Gasteiger partial charge in [-0.3, -0.25) is 4.79 Å². The predicted octanol–water partition coefficient (Wildman–Crippen LogP) is 2.92. The van der Waals surface area contributed by atoms with Crippen LogP contribution in [0.2, 0.25) is 0 Å². The Morgan fingerprint density at radius 3 is 1.71 bits per heavy atom. The molecule has 2 aliphatic heterocycles. The van der Waals surface area contributed by atoms with Crippen LogP contribution < -0.4 is 0 Å². The third-order valence-electron chi connectivity index (χ3n) is 5.56. The molecule has 0 spiro atoms. The van der Waals surface area contributed by atoms with Gasteiger partial charge in [-0.25, -0.2) is 0 Å². The number of hydrogen-bond donors (Lipinski definition) is 0. The van der Waals surface area contributed by atoms with Gasteiger partial charge < -0.3 is 9.47 Å². The first kappa shape index (κ1) is 13.0. The average molecular weight is 240 g/mol. The summed E-state index contributed by atoms with van der Waals surface area (Å²) in [5, 5.41) is 0. The molecule has 17 heavy (non-hydrogen) atoms. The van der Waals surface area contributed by atoms with Crippen molar-refractivity contribution < 1.29 is 14.3 Å². The lowest BCUT2D eigenvalue weighted by Gasteiger charge is -2.42. The topological polar surface area (TPSA) is 35.5 Å². The molecule has 0 radical (unpaired) electrons. The zero-order chi connectivity index (χ0) is 13.5. The third kappa shape index (κ3) is 1.13. The van der Waals surface area contributed by atoms with Gasteiger partial charge in [-0.15, -0.1) is 0 Å². The highest BCUT2D eigenvalue weighted by Crippen LogP contribution is 2.68. The Morgan fingerprint density at radius 1 is 0.824 bits per heavy atom. The van der Waals surface area contributed by atoms with Gasteiger partial charge in [-0.05, 0) is 41.5 Å². The van der Waals surface area contributed by atoms with E-state index < -0.39 is 16.8 Å². The Labute approximate surface area is 104 Å². The van der Waals surface area contributed by atoms with Crippen LogP contribution in [0.5, 0.6) is 0 Å². The number of Topliss-reactive ketones (excluding diaryl/α,β-unsaturated/α-hetero) is 1. The summed E-state index contributed by atoms with van der Waals surface area (Å²) in [5.74, 6) is -0.691. The molecule has 2 atom stereocenters. The Morgan fingerprint density at radius 2 is 1.29 bits per heavy atom. The molecule has 0 aliphatic carbocycles. The highest BCUT2D eigenvalue weighted by Gasteiger charge is 2.78. The molecule has 3 nitrogen and oxygen atoms in total. The van der Waals surface area contributed by atoms with Crippen LogP contribution in [0.15, 0.2) is 0 Å². The van der Waals surface area contributed by atoms with Gasteiger partial charge in [0.05, 0.1) is 11.0 Å². The van der Waals surface area contributed by atoms with Crippen molar-refractivity contribution in [3.05, 3.63) is 0 Å². The normalized spacial score (nSPS) is 46.0. The summed E-state index contributed by atoms with van der Waals surface area (Å²) in [7, 11) is 0. The maximum atomic E-state index is 12.7. The third-order valence-corrected chi connectivity index (χ3v) is 5.56. The van der Waals surface area contributed by atoms with E-state index in [1.54, 1.807) is 0 Å². The Hall–Kier alpha value is -0.410. The van der Waals surface area contributed by atoms with Crippen LogP contribution in [-0.4, -0.2) is 22.8 Å². The molecule has 3 heteroatoms. The van der Waals surface area contributed by atoms with Crippen LogP contribution in [0.3, 0.4) is 0 Å². The fourth-order valence-corrected chi connectivity index (χ4v) is 3.63. The fourth-order valence-electron chi connectivity index (χ4n) is 3.63.